The van der Waals surface area contributed by atoms with Gasteiger partial charge in [-0.15, -0.1) is 0 Å². The number of benzene rings is 1. The molecule has 0 aromatic heterocycles. The lowest BCUT2D eigenvalue weighted by Gasteiger charge is -2.15. The van der Waals surface area contributed by atoms with Crippen LogP contribution in [0, 0.1) is 5.92 Å². The van der Waals surface area contributed by atoms with Crippen LogP contribution in [0.1, 0.15) is 31.2 Å². The molecule has 1 aromatic carbocycles. The summed E-state index contributed by atoms with van der Waals surface area (Å²) < 4.78 is 42.5. The molecule has 128 valence electrons. The van der Waals surface area contributed by atoms with Gasteiger partial charge in [-0.05, 0) is 37.1 Å². The van der Waals surface area contributed by atoms with Crippen LogP contribution in [0.4, 0.5) is 13.2 Å². The van der Waals surface area contributed by atoms with Gasteiger partial charge in [-0.25, -0.2) is 0 Å². The topological polar surface area (TPSA) is 58.6 Å². The van der Waals surface area contributed by atoms with Gasteiger partial charge in [-0.1, -0.05) is 12.8 Å². The Morgan fingerprint density at radius 1 is 1.26 bits per heavy atom. The number of amides is 1. The van der Waals surface area contributed by atoms with Crippen molar-refractivity contribution in [3.8, 4) is 5.75 Å². The molecule has 23 heavy (non-hydrogen) atoms. The molecular formula is C16H20F3NO3. The van der Waals surface area contributed by atoms with E-state index in [0.717, 1.165) is 37.8 Å². The third-order valence-corrected chi connectivity index (χ3v) is 3.86. The highest BCUT2D eigenvalue weighted by molar-refractivity contribution is 5.78. The number of hydrogen-bond donors (Lipinski definition) is 2. The zero-order chi connectivity index (χ0) is 16.9. The van der Waals surface area contributed by atoms with Gasteiger partial charge in [0.05, 0.1) is 5.56 Å². The summed E-state index contributed by atoms with van der Waals surface area (Å²) in [5.41, 5.74) is -0.755. The lowest BCUT2D eigenvalue weighted by molar-refractivity contribution is -0.137. The average Bonchev–Trinajstić information content (AvgIpc) is 3.04. The van der Waals surface area contributed by atoms with Crippen molar-refractivity contribution in [3.63, 3.8) is 0 Å². The first-order valence-electron chi connectivity index (χ1n) is 7.62. The Kier molecular flexibility index (Phi) is 5.87. The Morgan fingerprint density at radius 3 is 2.43 bits per heavy atom. The SMILES string of the molecule is O=C(NC[C@@H](O)COc1ccc(C(F)(F)F)cc1)C1CCCC1. The van der Waals surface area contributed by atoms with Crippen LogP contribution in [0.25, 0.3) is 0 Å². The Hall–Kier alpha value is -1.76. The molecule has 2 rings (SSSR count). The van der Waals surface area contributed by atoms with Gasteiger partial charge in [0.1, 0.15) is 18.5 Å². The summed E-state index contributed by atoms with van der Waals surface area (Å²) in [4.78, 5) is 11.8. The Balaban J connectivity index is 1.71. The summed E-state index contributed by atoms with van der Waals surface area (Å²) in [7, 11) is 0. The first kappa shape index (κ1) is 17.6. The second-order valence-corrected chi connectivity index (χ2v) is 5.71. The van der Waals surface area contributed by atoms with Crippen LogP contribution in [0.2, 0.25) is 0 Å². The minimum Gasteiger partial charge on any atom is -0.491 e. The van der Waals surface area contributed by atoms with Crippen molar-refractivity contribution in [3.05, 3.63) is 29.8 Å². The van der Waals surface area contributed by atoms with Gasteiger partial charge in [-0.3, -0.25) is 4.79 Å². The van der Waals surface area contributed by atoms with Crippen molar-refractivity contribution in [1.29, 1.82) is 0 Å². The molecule has 0 spiro atoms. The molecule has 1 aromatic rings. The normalized spacial score (nSPS) is 17.0. The summed E-state index contributed by atoms with van der Waals surface area (Å²) in [6.07, 6.45) is -1.44. The minimum atomic E-state index is -4.39. The molecule has 4 nitrogen and oxygen atoms in total. The Bertz CT molecular complexity index is 510. The van der Waals surface area contributed by atoms with Gasteiger partial charge in [0.2, 0.25) is 5.91 Å². The first-order chi connectivity index (χ1) is 10.9. The number of aliphatic hydroxyl groups excluding tert-OH is 1. The Morgan fingerprint density at radius 2 is 1.87 bits per heavy atom. The molecule has 1 amide bonds. The van der Waals surface area contributed by atoms with Crippen LogP contribution in [-0.2, 0) is 11.0 Å². The largest absolute Gasteiger partial charge is 0.491 e. The van der Waals surface area contributed by atoms with Crippen LogP contribution in [-0.4, -0.2) is 30.3 Å². The number of halogens is 3. The number of aliphatic hydroxyl groups is 1. The molecule has 2 N–H and O–H groups in total. The van der Waals surface area contributed by atoms with Crippen molar-refractivity contribution in [2.24, 2.45) is 5.92 Å². The third-order valence-electron chi connectivity index (χ3n) is 3.86. The summed E-state index contributed by atoms with van der Waals surface area (Å²) in [5.74, 6) is 0.202. The van der Waals surface area contributed by atoms with E-state index in [-0.39, 0.29) is 30.7 Å². The summed E-state index contributed by atoms with van der Waals surface area (Å²) >= 11 is 0. The van der Waals surface area contributed by atoms with Gasteiger partial charge in [0.15, 0.2) is 0 Å². The van der Waals surface area contributed by atoms with E-state index in [0.29, 0.717) is 0 Å². The highest BCUT2D eigenvalue weighted by atomic mass is 19.4. The number of alkyl halides is 3. The van der Waals surface area contributed by atoms with E-state index < -0.39 is 17.8 Å². The lowest BCUT2D eigenvalue weighted by atomic mass is 10.1. The summed E-state index contributed by atoms with van der Waals surface area (Å²) in [6, 6.07) is 4.24. The molecule has 7 heteroatoms. The highest BCUT2D eigenvalue weighted by Gasteiger charge is 2.30. The van der Waals surface area contributed by atoms with Crippen molar-refractivity contribution >= 4 is 5.91 Å². The number of carbonyl (C=O) groups excluding carboxylic acids is 1. The van der Waals surface area contributed by atoms with Gasteiger partial charge < -0.3 is 15.2 Å². The molecule has 0 aliphatic heterocycles. The van der Waals surface area contributed by atoms with E-state index in [1.54, 1.807) is 0 Å². The number of carbonyl (C=O) groups is 1. The van der Waals surface area contributed by atoms with Gasteiger partial charge in [0.25, 0.3) is 0 Å². The molecule has 1 saturated carbocycles. The number of hydrogen-bond acceptors (Lipinski definition) is 3. The van der Waals surface area contributed by atoms with E-state index in [9.17, 15) is 23.1 Å². The second-order valence-electron chi connectivity index (χ2n) is 5.71. The van der Waals surface area contributed by atoms with Gasteiger partial charge >= 0.3 is 6.18 Å². The lowest BCUT2D eigenvalue weighted by Crippen LogP contribution is -2.37. The molecule has 1 fully saturated rings. The van der Waals surface area contributed by atoms with Gasteiger partial charge in [-0.2, -0.15) is 13.2 Å². The second kappa shape index (κ2) is 7.68. The molecule has 0 bridgehead atoms. The van der Waals surface area contributed by atoms with E-state index >= 15 is 0 Å². The molecule has 0 saturated heterocycles. The molecule has 1 aliphatic carbocycles. The van der Waals surface area contributed by atoms with Crippen LogP contribution < -0.4 is 10.1 Å². The average molecular weight is 331 g/mol. The van der Waals surface area contributed by atoms with Crippen molar-refractivity contribution in [2.75, 3.05) is 13.2 Å². The minimum absolute atomic E-state index is 0.0260. The maximum Gasteiger partial charge on any atom is 0.416 e. The monoisotopic (exact) mass is 331 g/mol. The molecule has 1 atom stereocenters. The number of rotatable bonds is 6. The molecule has 0 heterocycles. The van der Waals surface area contributed by atoms with Gasteiger partial charge in [0, 0.05) is 12.5 Å². The maximum atomic E-state index is 12.4. The van der Waals surface area contributed by atoms with Crippen LogP contribution in [0.15, 0.2) is 24.3 Å². The summed E-state index contributed by atoms with van der Waals surface area (Å²) in [6.45, 7) is -0.0354. The fraction of sp³-hybridized carbons (Fsp3) is 0.562. The van der Waals surface area contributed by atoms with E-state index in [2.05, 4.69) is 5.32 Å². The predicted octanol–water partition coefficient (Wildman–Crippen LogP) is 2.75. The number of ether oxygens (including phenoxy) is 1. The van der Waals surface area contributed by atoms with E-state index in [4.69, 9.17) is 4.74 Å². The predicted molar refractivity (Wildman–Crippen MR) is 77.9 cm³/mol. The number of nitrogens with one attached hydrogen (secondary N) is 1. The maximum absolute atomic E-state index is 12.4. The van der Waals surface area contributed by atoms with Crippen molar-refractivity contribution in [1.82, 2.24) is 5.32 Å². The van der Waals surface area contributed by atoms with E-state index in [1.807, 2.05) is 0 Å². The first-order valence-corrected chi connectivity index (χ1v) is 7.62. The molecule has 0 radical (unpaired) electrons. The highest BCUT2D eigenvalue weighted by Crippen LogP contribution is 2.30. The fourth-order valence-corrected chi connectivity index (χ4v) is 2.54. The molecule has 1 aliphatic rings. The van der Waals surface area contributed by atoms with E-state index in [1.165, 1.54) is 12.1 Å². The summed E-state index contributed by atoms with van der Waals surface area (Å²) in [5, 5.41) is 12.4. The zero-order valence-corrected chi connectivity index (χ0v) is 12.6. The molecular weight excluding hydrogens is 311 g/mol. The fourth-order valence-electron chi connectivity index (χ4n) is 2.54. The van der Waals surface area contributed by atoms with Crippen LogP contribution >= 0.6 is 0 Å². The van der Waals surface area contributed by atoms with Crippen molar-refractivity contribution < 1.29 is 27.8 Å². The smallest absolute Gasteiger partial charge is 0.416 e. The zero-order valence-electron chi connectivity index (χ0n) is 12.6. The van der Waals surface area contributed by atoms with Crippen LogP contribution in [0.5, 0.6) is 5.75 Å². The third kappa shape index (κ3) is 5.42. The van der Waals surface area contributed by atoms with Crippen LogP contribution in [0.3, 0.4) is 0 Å². The molecule has 0 unspecified atom stereocenters. The Labute approximate surface area is 132 Å². The standard InChI is InChI=1S/C16H20F3NO3/c17-16(18,19)12-5-7-14(8-6-12)23-10-13(21)9-20-15(22)11-3-1-2-4-11/h5-8,11,13,21H,1-4,9-10H2,(H,20,22)/t13-/m1/s1. The quantitative estimate of drug-likeness (QED) is 0.843. The van der Waals surface area contributed by atoms with Crippen molar-refractivity contribution in [2.45, 2.75) is 38.0 Å².